The van der Waals surface area contributed by atoms with Crippen molar-refractivity contribution in [3.05, 3.63) is 65.0 Å². The van der Waals surface area contributed by atoms with Gasteiger partial charge in [0.15, 0.2) is 17.1 Å². The van der Waals surface area contributed by atoms with Crippen molar-refractivity contribution in [2.24, 2.45) is 0 Å². The van der Waals surface area contributed by atoms with Gasteiger partial charge in [0.05, 0.1) is 5.75 Å². The lowest BCUT2D eigenvalue weighted by molar-refractivity contribution is -0.113. The Kier molecular flexibility index (Phi) is 7.15. The van der Waals surface area contributed by atoms with Gasteiger partial charge in [-0.15, -0.1) is 10.2 Å². The Bertz CT molecular complexity index is 1010. The first-order valence-electron chi connectivity index (χ1n) is 10.0. The van der Waals surface area contributed by atoms with Crippen molar-refractivity contribution in [3.63, 3.8) is 0 Å². The Balaban J connectivity index is 1.63. The van der Waals surface area contributed by atoms with Crippen molar-refractivity contribution in [1.82, 2.24) is 14.8 Å². The molecule has 0 saturated heterocycles. The standard InChI is InChI=1S/C23H28N4O2S/c1-6-27-22(18(5)29-19-10-7-15(2)8-11-19)25-26-23(27)30-14-21(28)24-20-12-9-16(3)13-17(20)4/h7-13,18H,6,14H2,1-5H3,(H,24,28). The summed E-state index contributed by atoms with van der Waals surface area (Å²) >= 11 is 1.38. The Labute approximate surface area is 182 Å². The lowest BCUT2D eigenvalue weighted by Gasteiger charge is -2.15. The molecule has 1 aromatic heterocycles. The van der Waals surface area contributed by atoms with E-state index >= 15 is 0 Å². The summed E-state index contributed by atoms with van der Waals surface area (Å²) in [5.41, 5.74) is 4.24. The number of nitrogens with zero attached hydrogens (tertiary/aromatic N) is 3. The SMILES string of the molecule is CCn1c(SCC(=O)Nc2ccc(C)cc2C)nnc1C(C)Oc1ccc(C)cc1. The summed E-state index contributed by atoms with van der Waals surface area (Å²) < 4.78 is 8.02. The molecule has 7 heteroatoms. The summed E-state index contributed by atoms with van der Waals surface area (Å²) in [5.74, 6) is 1.73. The molecule has 1 unspecified atom stereocenters. The smallest absolute Gasteiger partial charge is 0.234 e. The molecule has 0 aliphatic heterocycles. The fraction of sp³-hybridized carbons (Fsp3) is 0.348. The molecule has 30 heavy (non-hydrogen) atoms. The van der Waals surface area contributed by atoms with Gasteiger partial charge in [-0.3, -0.25) is 4.79 Å². The minimum absolute atomic E-state index is 0.0666. The largest absolute Gasteiger partial charge is 0.483 e. The maximum atomic E-state index is 12.4. The summed E-state index contributed by atoms with van der Waals surface area (Å²) in [4.78, 5) is 12.4. The van der Waals surface area contributed by atoms with Crippen LogP contribution in [0.25, 0.3) is 0 Å². The highest BCUT2D eigenvalue weighted by molar-refractivity contribution is 7.99. The second-order valence-corrected chi connectivity index (χ2v) is 8.26. The van der Waals surface area contributed by atoms with Gasteiger partial charge in [0, 0.05) is 12.2 Å². The van der Waals surface area contributed by atoms with E-state index in [-0.39, 0.29) is 17.8 Å². The van der Waals surface area contributed by atoms with Gasteiger partial charge in [0.1, 0.15) is 5.75 Å². The summed E-state index contributed by atoms with van der Waals surface area (Å²) in [7, 11) is 0. The second-order valence-electron chi connectivity index (χ2n) is 7.31. The van der Waals surface area contributed by atoms with E-state index in [9.17, 15) is 4.79 Å². The molecule has 3 rings (SSSR count). The number of aromatic nitrogens is 3. The average molecular weight is 425 g/mol. The molecule has 0 fully saturated rings. The number of carbonyl (C=O) groups excluding carboxylic acids is 1. The van der Waals surface area contributed by atoms with Gasteiger partial charge >= 0.3 is 0 Å². The normalized spacial score (nSPS) is 11.9. The Morgan fingerprint density at radius 1 is 1.10 bits per heavy atom. The fourth-order valence-electron chi connectivity index (χ4n) is 3.15. The molecule has 0 spiro atoms. The van der Waals surface area contributed by atoms with Crippen molar-refractivity contribution in [2.45, 2.75) is 52.4 Å². The number of aryl methyl sites for hydroxylation is 3. The summed E-state index contributed by atoms with van der Waals surface area (Å²) in [6.45, 7) is 10.8. The Hall–Kier alpha value is -2.80. The van der Waals surface area contributed by atoms with Crippen LogP contribution < -0.4 is 10.1 Å². The van der Waals surface area contributed by atoms with Crippen LogP contribution >= 0.6 is 11.8 Å². The van der Waals surface area contributed by atoms with Crippen molar-refractivity contribution in [2.75, 3.05) is 11.1 Å². The van der Waals surface area contributed by atoms with Gasteiger partial charge in [0.25, 0.3) is 0 Å². The fourth-order valence-corrected chi connectivity index (χ4v) is 3.96. The molecule has 0 aliphatic rings. The molecular formula is C23H28N4O2S. The van der Waals surface area contributed by atoms with E-state index in [1.54, 1.807) is 0 Å². The number of benzene rings is 2. The molecule has 1 heterocycles. The second kappa shape index (κ2) is 9.80. The van der Waals surface area contributed by atoms with Gasteiger partial charge in [-0.2, -0.15) is 0 Å². The van der Waals surface area contributed by atoms with Gasteiger partial charge in [-0.05, 0) is 58.4 Å². The Morgan fingerprint density at radius 3 is 2.47 bits per heavy atom. The minimum atomic E-state index is -0.251. The van der Waals surface area contributed by atoms with E-state index in [2.05, 4.69) is 21.6 Å². The van der Waals surface area contributed by atoms with Crippen LogP contribution in [0.15, 0.2) is 47.6 Å². The molecule has 0 bridgehead atoms. The quantitative estimate of drug-likeness (QED) is 0.510. The molecule has 6 nitrogen and oxygen atoms in total. The summed E-state index contributed by atoms with van der Waals surface area (Å²) in [6.07, 6.45) is -0.251. The molecule has 0 saturated carbocycles. The molecule has 0 radical (unpaired) electrons. The lowest BCUT2D eigenvalue weighted by atomic mass is 10.1. The van der Waals surface area contributed by atoms with Gasteiger partial charge in [-0.1, -0.05) is 47.2 Å². The van der Waals surface area contributed by atoms with E-state index in [1.165, 1.54) is 22.9 Å². The maximum Gasteiger partial charge on any atom is 0.234 e. The number of anilines is 1. The molecule has 158 valence electrons. The van der Waals surface area contributed by atoms with Crippen LogP contribution in [0.4, 0.5) is 5.69 Å². The van der Waals surface area contributed by atoms with Gasteiger partial charge < -0.3 is 14.6 Å². The average Bonchev–Trinajstić information content (AvgIpc) is 3.13. The number of thioether (sulfide) groups is 1. The van der Waals surface area contributed by atoms with Crippen molar-refractivity contribution < 1.29 is 9.53 Å². The van der Waals surface area contributed by atoms with Crippen LogP contribution in [0.1, 0.15) is 42.5 Å². The zero-order valence-corrected chi connectivity index (χ0v) is 18.9. The predicted octanol–water partition coefficient (Wildman–Crippen LogP) is 5.09. The molecule has 0 aliphatic carbocycles. The van der Waals surface area contributed by atoms with E-state index in [0.29, 0.717) is 11.7 Å². The maximum absolute atomic E-state index is 12.4. The zero-order valence-electron chi connectivity index (χ0n) is 18.1. The number of ether oxygens (including phenoxy) is 1. The topological polar surface area (TPSA) is 69.0 Å². The van der Waals surface area contributed by atoms with Crippen LogP contribution in [-0.2, 0) is 11.3 Å². The van der Waals surface area contributed by atoms with Gasteiger partial charge in [-0.25, -0.2) is 0 Å². The third-order valence-corrected chi connectivity index (χ3v) is 5.71. The first kappa shape index (κ1) is 21.9. The van der Waals surface area contributed by atoms with E-state index in [0.717, 1.165) is 22.8 Å². The first-order chi connectivity index (χ1) is 14.4. The third kappa shape index (κ3) is 5.42. The van der Waals surface area contributed by atoms with Crippen LogP contribution in [0.2, 0.25) is 0 Å². The molecule has 1 N–H and O–H groups in total. The highest BCUT2D eigenvalue weighted by Crippen LogP contribution is 2.25. The van der Waals surface area contributed by atoms with Crippen molar-refractivity contribution in [1.29, 1.82) is 0 Å². The summed E-state index contributed by atoms with van der Waals surface area (Å²) in [5, 5.41) is 12.3. The molecule has 3 aromatic rings. The molecule has 1 atom stereocenters. The van der Waals surface area contributed by atoms with Crippen molar-refractivity contribution in [3.8, 4) is 5.75 Å². The minimum Gasteiger partial charge on any atom is -0.483 e. The zero-order chi connectivity index (χ0) is 21.7. The van der Waals surface area contributed by atoms with Crippen LogP contribution in [0, 0.1) is 20.8 Å². The predicted molar refractivity (Wildman–Crippen MR) is 121 cm³/mol. The number of amides is 1. The van der Waals surface area contributed by atoms with E-state index in [1.807, 2.05) is 75.6 Å². The van der Waals surface area contributed by atoms with E-state index in [4.69, 9.17) is 4.74 Å². The number of nitrogens with one attached hydrogen (secondary N) is 1. The van der Waals surface area contributed by atoms with Gasteiger partial charge in [0.2, 0.25) is 5.91 Å². The van der Waals surface area contributed by atoms with Crippen LogP contribution in [-0.4, -0.2) is 26.4 Å². The van der Waals surface area contributed by atoms with E-state index < -0.39 is 0 Å². The highest BCUT2D eigenvalue weighted by Gasteiger charge is 2.19. The van der Waals surface area contributed by atoms with Crippen LogP contribution in [0.3, 0.4) is 0 Å². The Morgan fingerprint density at radius 2 is 1.80 bits per heavy atom. The lowest BCUT2D eigenvalue weighted by Crippen LogP contribution is -2.16. The highest BCUT2D eigenvalue weighted by atomic mass is 32.2. The van der Waals surface area contributed by atoms with Crippen LogP contribution in [0.5, 0.6) is 5.75 Å². The molecular weight excluding hydrogens is 396 g/mol. The summed E-state index contributed by atoms with van der Waals surface area (Å²) in [6, 6.07) is 13.9. The number of hydrogen-bond acceptors (Lipinski definition) is 5. The molecule has 1 amide bonds. The number of hydrogen-bond donors (Lipinski definition) is 1. The molecule has 2 aromatic carbocycles. The number of carbonyl (C=O) groups is 1. The number of rotatable bonds is 8. The first-order valence-corrected chi connectivity index (χ1v) is 11.0. The third-order valence-electron chi connectivity index (χ3n) is 4.75. The van der Waals surface area contributed by atoms with Crippen molar-refractivity contribution >= 4 is 23.4 Å². The monoisotopic (exact) mass is 424 g/mol.